The normalized spacial score (nSPS) is 12.4. The number of nitrogen functional groups attached to an aromatic ring is 2. The van der Waals surface area contributed by atoms with Crippen molar-refractivity contribution in [2.45, 2.75) is 45.1 Å². The molecule has 0 bridgehead atoms. The molecule has 0 amide bonds. The number of anilines is 2. The van der Waals surface area contributed by atoms with Gasteiger partial charge in [0.2, 0.25) is 12.1 Å². The van der Waals surface area contributed by atoms with Crippen LogP contribution in [0.3, 0.4) is 0 Å². The molecule has 3 aromatic rings. The highest BCUT2D eigenvalue weighted by molar-refractivity contribution is 6.31. The Hall–Kier alpha value is -3.75. The maximum Gasteiger partial charge on any atom is 0.230 e. The maximum atomic E-state index is 14.1. The van der Waals surface area contributed by atoms with Crippen LogP contribution in [0.25, 0.3) is 0 Å². The summed E-state index contributed by atoms with van der Waals surface area (Å²) in [7, 11) is 0. The Morgan fingerprint density at radius 3 is 1.90 bits per heavy atom. The zero-order chi connectivity index (χ0) is 29.0. The summed E-state index contributed by atoms with van der Waals surface area (Å²) in [6.07, 6.45) is -1.47. The van der Waals surface area contributed by atoms with E-state index in [0.717, 1.165) is 0 Å². The van der Waals surface area contributed by atoms with Gasteiger partial charge in [0.1, 0.15) is 36.3 Å². The second-order valence-electron chi connectivity index (χ2n) is 9.61. The lowest BCUT2D eigenvalue weighted by atomic mass is 10.2. The lowest BCUT2D eigenvalue weighted by Crippen LogP contribution is -2.23. The number of alkyl halides is 2. The molecule has 1 aromatic heterocycles. The molecular formula is C26H27Cl2F2N5O4. The third-order valence-electron chi connectivity index (χ3n) is 4.71. The maximum absolute atomic E-state index is 14.1. The number of hydrogen-bond acceptors (Lipinski definition) is 9. The molecule has 0 radical (unpaired) electrons. The van der Waals surface area contributed by atoms with Crippen molar-refractivity contribution in [1.29, 1.82) is 5.26 Å². The number of ether oxygens (including phenoxy) is 4. The van der Waals surface area contributed by atoms with Crippen LogP contribution in [0, 0.1) is 11.3 Å². The number of nitrogens with two attached hydrogens (primary N) is 2. The van der Waals surface area contributed by atoms with Crippen molar-refractivity contribution in [2.75, 3.05) is 24.7 Å². The summed E-state index contributed by atoms with van der Waals surface area (Å²) in [6.45, 7) is 4.81. The van der Waals surface area contributed by atoms with Crippen LogP contribution >= 0.6 is 23.2 Å². The first-order chi connectivity index (χ1) is 18.1. The van der Waals surface area contributed by atoms with Crippen molar-refractivity contribution >= 4 is 35.0 Å². The lowest BCUT2D eigenvalue weighted by molar-refractivity contribution is 0.116. The van der Waals surface area contributed by atoms with Crippen molar-refractivity contribution in [3.05, 3.63) is 52.1 Å². The van der Waals surface area contributed by atoms with Gasteiger partial charge in [-0.25, -0.2) is 13.8 Å². The minimum atomic E-state index is -1.64. The fraction of sp³-hybridized carbons (Fsp3) is 0.346. The van der Waals surface area contributed by atoms with Gasteiger partial charge in [0.05, 0.1) is 0 Å². The van der Waals surface area contributed by atoms with Crippen LogP contribution < -0.4 is 30.4 Å². The molecule has 1 atom stereocenters. The highest BCUT2D eigenvalue weighted by Crippen LogP contribution is 2.41. The molecule has 0 spiro atoms. The van der Waals surface area contributed by atoms with Gasteiger partial charge in [0, 0.05) is 22.2 Å². The predicted octanol–water partition coefficient (Wildman–Crippen LogP) is 6.64. The summed E-state index contributed by atoms with van der Waals surface area (Å²) in [5.74, 6) is -0.333. The Morgan fingerprint density at radius 2 is 1.38 bits per heavy atom. The molecule has 0 fully saturated rings. The number of benzene rings is 2. The van der Waals surface area contributed by atoms with Crippen molar-refractivity contribution in [3.63, 3.8) is 0 Å². The van der Waals surface area contributed by atoms with Gasteiger partial charge in [-0.2, -0.15) is 10.2 Å². The molecule has 208 valence electrons. The van der Waals surface area contributed by atoms with Crippen LogP contribution in [0.1, 0.15) is 39.5 Å². The van der Waals surface area contributed by atoms with Crippen molar-refractivity contribution in [1.82, 2.24) is 9.97 Å². The summed E-state index contributed by atoms with van der Waals surface area (Å²) < 4.78 is 51.1. The van der Waals surface area contributed by atoms with Crippen LogP contribution in [-0.2, 0) is 0 Å². The Balaban J connectivity index is 2.02. The van der Waals surface area contributed by atoms with Gasteiger partial charge in [-0.05, 0) is 52.0 Å². The van der Waals surface area contributed by atoms with E-state index in [-0.39, 0.29) is 69.5 Å². The van der Waals surface area contributed by atoms with E-state index in [1.165, 1.54) is 64.1 Å². The minimum Gasteiger partial charge on any atom is -0.486 e. The van der Waals surface area contributed by atoms with Crippen LogP contribution in [0.15, 0.2) is 36.4 Å². The molecule has 3 rings (SSSR count). The molecule has 9 nitrogen and oxygen atoms in total. The summed E-state index contributed by atoms with van der Waals surface area (Å²) in [5, 5.41) is 10.6. The highest BCUT2D eigenvalue weighted by atomic mass is 35.5. The first-order valence-corrected chi connectivity index (χ1v) is 12.3. The standard InChI is InChI=1S/C26H27Cl2F2N5O4/c1-25(2,29)12-36-16-7-5-14(27)9-18(16)38-20(11-31)21-22(23(32)35-24(33)34-21)39-19-10-15(28)6-8-17(19)37-13-26(3,4)30/h5-10,20H,12-13H2,1-4H3,(H4,32,33,34,35). The molecule has 39 heavy (non-hydrogen) atoms. The SMILES string of the molecule is CC(C)(F)COc1ccc(Cl)cc1Oc1c(N)nc(N)nc1C(C#N)Oc1cc(Cl)ccc1OCC(C)(C)F. The van der Waals surface area contributed by atoms with Crippen LogP contribution in [-0.4, -0.2) is 34.5 Å². The van der Waals surface area contributed by atoms with E-state index >= 15 is 0 Å². The predicted molar refractivity (Wildman–Crippen MR) is 144 cm³/mol. The average Bonchev–Trinajstić information content (AvgIpc) is 2.82. The molecule has 1 heterocycles. The van der Waals surface area contributed by atoms with Gasteiger partial charge in [-0.15, -0.1) is 0 Å². The van der Waals surface area contributed by atoms with Crippen LogP contribution in [0.4, 0.5) is 20.5 Å². The quantitative estimate of drug-likeness (QED) is 0.255. The number of nitriles is 1. The van der Waals surface area contributed by atoms with Gasteiger partial charge in [0.25, 0.3) is 0 Å². The van der Waals surface area contributed by atoms with E-state index < -0.39 is 17.4 Å². The van der Waals surface area contributed by atoms with Crippen molar-refractivity contribution in [3.8, 4) is 34.8 Å². The molecule has 4 N–H and O–H groups in total. The highest BCUT2D eigenvalue weighted by Gasteiger charge is 2.27. The monoisotopic (exact) mass is 581 g/mol. The molecule has 0 aliphatic rings. The van der Waals surface area contributed by atoms with Crippen molar-refractivity contribution < 1.29 is 27.7 Å². The number of rotatable bonds is 11. The topological polar surface area (TPSA) is 139 Å². The number of aromatic nitrogens is 2. The molecule has 0 saturated carbocycles. The first kappa shape index (κ1) is 29.8. The third-order valence-corrected chi connectivity index (χ3v) is 5.18. The number of halogens is 4. The number of nitrogens with zero attached hydrogens (tertiary/aromatic N) is 3. The van der Waals surface area contributed by atoms with Gasteiger partial charge >= 0.3 is 0 Å². The van der Waals surface area contributed by atoms with E-state index in [9.17, 15) is 14.0 Å². The fourth-order valence-corrected chi connectivity index (χ4v) is 3.36. The molecule has 1 unspecified atom stereocenters. The van der Waals surface area contributed by atoms with E-state index in [1.807, 2.05) is 6.07 Å². The van der Waals surface area contributed by atoms with Crippen LogP contribution in [0.5, 0.6) is 28.7 Å². The second kappa shape index (κ2) is 12.0. The van der Waals surface area contributed by atoms with E-state index in [1.54, 1.807) is 0 Å². The number of hydrogen-bond donors (Lipinski definition) is 2. The summed E-state index contributed by atoms with van der Waals surface area (Å²) in [4.78, 5) is 8.03. The van der Waals surface area contributed by atoms with Gasteiger partial charge in [0.15, 0.2) is 34.6 Å². The van der Waals surface area contributed by atoms with E-state index in [4.69, 9.17) is 53.6 Å². The van der Waals surface area contributed by atoms with Crippen LogP contribution in [0.2, 0.25) is 10.0 Å². The molecular weight excluding hydrogens is 555 g/mol. The zero-order valence-electron chi connectivity index (χ0n) is 21.6. The summed E-state index contributed by atoms with van der Waals surface area (Å²) >= 11 is 12.3. The fourth-order valence-electron chi connectivity index (χ4n) is 3.04. The van der Waals surface area contributed by atoms with Gasteiger partial charge < -0.3 is 30.4 Å². The Labute approximate surface area is 234 Å². The Kier molecular flexibility index (Phi) is 9.14. The zero-order valence-corrected chi connectivity index (χ0v) is 23.1. The molecule has 0 aliphatic carbocycles. The largest absolute Gasteiger partial charge is 0.486 e. The molecule has 13 heteroatoms. The molecule has 0 aliphatic heterocycles. The molecule has 2 aromatic carbocycles. The van der Waals surface area contributed by atoms with Gasteiger partial charge in [-0.1, -0.05) is 23.2 Å². The Morgan fingerprint density at radius 1 is 0.872 bits per heavy atom. The molecule has 0 saturated heterocycles. The Bertz CT molecular complexity index is 1370. The van der Waals surface area contributed by atoms with E-state index in [0.29, 0.717) is 0 Å². The summed E-state index contributed by atoms with van der Waals surface area (Å²) in [6, 6.07) is 10.8. The lowest BCUT2D eigenvalue weighted by Gasteiger charge is -2.21. The third kappa shape index (κ3) is 8.63. The van der Waals surface area contributed by atoms with Gasteiger partial charge in [-0.3, -0.25) is 0 Å². The minimum absolute atomic E-state index is 0.0250. The average molecular weight is 582 g/mol. The smallest absolute Gasteiger partial charge is 0.230 e. The second-order valence-corrected chi connectivity index (χ2v) is 10.5. The summed E-state index contributed by atoms with van der Waals surface area (Å²) in [5.41, 5.74) is 8.48. The first-order valence-electron chi connectivity index (χ1n) is 11.5. The van der Waals surface area contributed by atoms with E-state index in [2.05, 4.69) is 9.97 Å². The van der Waals surface area contributed by atoms with Crippen molar-refractivity contribution in [2.24, 2.45) is 0 Å².